The Morgan fingerprint density at radius 3 is 2.45 bits per heavy atom. The van der Waals surface area contributed by atoms with Crippen LogP contribution in [0.5, 0.6) is 0 Å². The first-order valence-corrected chi connectivity index (χ1v) is 9.95. The molecule has 0 radical (unpaired) electrons. The average molecular weight is 391 g/mol. The van der Waals surface area contributed by atoms with Gasteiger partial charge in [-0.1, -0.05) is 32.0 Å². The third kappa shape index (κ3) is 4.26. The fraction of sp³-hybridized carbons (Fsp3) is 0.381. The van der Waals surface area contributed by atoms with Crippen LogP contribution >= 0.6 is 0 Å². The zero-order valence-corrected chi connectivity index (χ0v) is 16.7. The summed E-state index contributed by atoms with van der Waals surface area (Å²) >= 11 is 0. The van der Waals surface area contributed by atoms with Gasteiger partial charge in [0.2, 0.25) is 5.91 Å². The third-order valence-corrected chi connectivity index (χ3v) is 5.32. The number of anilines is 2. The van der Waals surface area contributed by atoms with Crippen molar-refractivity contribution in [3.05, 3.63) is 54.6 Å². The number of rotatable bonds is 5. The second-order valence-corrected chi connectivity index (χ2v) is 7.58. The van der Waals surface area contributed by atoms with Crippen molar-refractivity contribution in [2.45, 2.75) is 32.6 Å². The highest BCUT2D eigenvalue weighted by molar-refractivity contribution is 5.93. The van der Waals surface area contributed by atoms with Gasteiger partial charge in [-0.25, -0.2) is 9.67 Å². The fourth-order valence-electron chi connectivity index (χ4n) is 3.66. The lowest BCUT2D eigenvalue weighted by Crippen LogP contribution is -2.38. The quantitative estimate of drug-likeness (QED) is 0.719. The Kier molecular flexibility index (Phi) is 5.50. The Morgan fingerprint density at radius 1 is 1.07 bits per heavy atom. The minimum atomic E-state index is 0.00819. The van der Waals surface area contributed by atoms with E-state index in [-0.39, 0.29) is 11.8 Å². The molecule has 4 rings (SSSR count). The number of carbonyl (C=O) groups excluding carboxylic acids is 1. The van der Waals surface area contributed by atoms with Crippen molar-refractivity contribution in [3.8, 4) is 5.82 Å². The maximum atomic E-state index is 12.8. The maximum absolute atomic E-state index is 12.8. The van der Waals surface area contributed by atoms with Crippen LogP contribution in [0.4, 0.5) is 11.5 Å². The molecule has 0 aliphatic carbocycles. The van der Waals surface area contributed by atoms with Gasteiger partial charge < -0.3 is 10.2 Å². The number of para-hydroxylation sites is 1. The molecule has 0 saturated carbocycles. The van der Waals surface area contributed by atoms with Crippen LogP contribution in [0, 0.1) is 5.92 Å². The van der Waals surface area contributed by atoms with Crippen molar-refractivity contribution >= 4 is 17.4 Å². The van der Waals surface area contributed by atoms with Crippen molar-refractivity contribution in [2.75, 3.05) is 23.3 Å². The van der Waals surface area contributed by atoms with E-state index >= 15 is 0 Å². The third-order valence-electron chi connectivity index (χ3n) is 5.32. The lowest BCUT2D eigenvalue weighted by atomic mass is 9.95. The van der Waals surface area contributed by atoms with Gasteiger partial charge >= 0.3 is 0 Å². The van der Waals surface area contributed by atoms with Crippen LogP contribution in [0.1, 0.15) is 38.2 Å². The summed E-state index contributed by atoms with van der Waals surface area (Å²) in [4.78, 5) is 18.9. The zero-order valence-electron chi connectivity index (χ0n) is 16.7. The van der Waals surface area contributed by atoms with E-state index in [1.807, 2.05) is 30.3 Å². The number of amides is 1. The first-order chi connectivity index (χ1) is 14.1. The molecule has 0 spiro atoms. The molecule has 0 atom stereocenters. The number of aromatic nitrogens is 5. The SMILES string of the molecule is CC(C)c1ccccc1NC(=O)C1CCN(c2ccc(-n3cncn3)nn2)CC1. The molecule has 1 N–H and O–H groups in total. The van der Waals surface area contributed by atoms with Gasteiger partial charge in [0.15, 0.2) is 11.6 Å². The van der Waals surface area contributed by atoms with E-state index in [0.29, 0.717) is 11.7 Å². The van der Waals surface area contributed by atoms with Crippen LogP contribution in [-0.4, -0.2) is 44.0 Å². The second kappa shape index (κ2) is 8.38. The highest BCUT2D eigenvalue weighted by Gasteiger charge is 2.26. The normalized spacial score (nSPS) is 14.9. The highest BCUT2D eigenvalue weighted by atomic mass is 16.1. The van der Waals surface area contributed by atoms with Crippen molar-refractivity contribution in [1.82, 2.24) is 25.0 Å². The molecule has 2 aromatic heterocycles. The van der Waals surface area contributed by atoms with Gasteiger partial charge in [0.05, 0.1) is 0 Å². The smallest absolute Gasteiger partial charge is 0.227 e. The van der Waals surface area contributed by atoms with E-state index < -0.39 is 0 Å². The highest BCUT2D eigenvalue weighted by Crippen LogP contribution is 2.27. The molecule has 1 aliphatic heterocycles. The van der Waals surface area contributed by atoms with Gasteiger partial charge in [-0.3, -0.25) is 4.79 Å². The summed E-state index contributed by atoms with van der Waals surface area (Å²) < 4.78 is 1.57. The minimum absolute atomic E-state index is 0.00819. The van der Waals surface area contributed by atoms with Crippen molar-refractivity contribution in [2.24, 2.45) is 5.92 Å². The Hall–Kier alpha value is -3.29. The largest absolute Gasteiger partial charge is 0.355 e. The predicted molar refractivity (Wildman–Crippen MR) is 111 cm³/mol. The molecule has 3 heterocycles. The minimum Gasteiger partial charge on any atom is -0.355 e. The van der Waals surface area contributed by atoms with Gasteiger partial charge in [-0.2, -0.15) is 5.10 Å². The van der Waals surface area contributed by atoms with Crippen LogP contribution in [0.25, 0.3) is 5.82 Å². The van der Waals surface area contributed by atoms with Gasteiger partial charge in [-0.05, 0) is 42.5 Å². The molecule has 8 heteroatoms. The molecule has 0 unspecified atom stereocenters. The summed E-state index contributed by atoms with van der Waals surface area (Å²) in [7, 11) is 0. The Morgan fingerprint density at radius 2 is 1.79 bits per heavy atom. The summed E-state index contributed by atoms with van der Waals surface area (Å²) in [6.45, 7) is 5.83. The van der Waals surface area contributed by atoms with Crippen molar-refractivity contribution < 1.29 is 4.79 Å². The first-order valence-electron chi connectivity index (χ1n) is 9.95. The molecule has 29 heavy (non-hydrogen) atoms. The summed E-state index contributed by atoms with van der Waals surface area (Å²) in [6, 6.07) is 11.8. The van der Waals surface area contributed by atoms with Crippen LogP contribution in [0.2, 0.25) is 0 Å². The zero-order chi connectivity index (χ0) is 20.2. The second-order valence-electron chi connectivity index (χ2n) is 7.58. The van der Waals surface area contributed by atoms with Gasteiger partial charge in [-0.15, -0.1) is 10.2 Å². The van der Waals surface area contributed by atoms with E-state index in [1.165, 1.54) is 11.9 Å². The summed E-state index contributed by atoms with van der Waals surface area (Å²) in [5.41, 5.74) is 2.09. The van der Waals surface area contributed by atoms with E-state index in [9.17, 15) is 4.79 Å². The molecule has 8 nitrogen and oxygen atoms in total. The van der Waals surface area contributed by atoms with Gasteiger partial charge in [0.1, 0.15) is 12.7 Å². The number of nitrogens with zero attached hydrogens (tertiary/aromatic N) is 6. The first kappa shape index (κ1) is 19.0. The van der Waals surface area contributed by atoms with E-state index in [4.69, 9.17) is 0 Å². The van der Waals surface area contributed by atoms with Gasteiger partial charge in [0, 0.05) is 24.7 Å². The maximum Gasteiger partial charge on any atom is 0.227 e. The molecule has 1 aromatic carbocycles. The standard InChI is InChI=1S/C21H25N7O/c1-15(2)17-5-3-4-6-18(17)24-21(29)16-9-11-27(12-10-16)19-7-8-20(26-25-19)28-14-22-13-23-28/h3-8,13-16H,9-12H2,1-2H3,(H,24,29). The van der Waals surface area contributed by atoms with E-state index in [0.717, 1.165) is 37.4 Å². The predicted octanol–water partition coefficient (Wildman–Crippen LogP) is 3.04. The number of carbonyl (C=O) groups is 1. The summed E-state index contributed by atoms with van der Waals surface area (Å²) in [5, 5.41) is 15.7. The summed E-state index contributed by atoms with van der Waals surface area (Å²) in [6.07, 6.45) is 4.64. The molecule has 1 aliphatic rings. The summed E-state index contributed by atoms with van der Waals surface area (Å²) in [5.74, 6) is 1.92. The average Bonchev–Trinajstić information content (AvgIpc) is 3.29. The fourth-order valence-corrected chi connectivity index (χ4v) is 3.66. The van der Waals surface area contributed by atoms with E-state index in [2.05, 4.69) is 50.4 Å². The number of hydrogen-bond acceptors (Lipinski definition) is 6. The van der Waals surface area contributed by atoms with Crippen molar-refractivity contribution in [1.29, 1.82) is 0 Å². The number of hydrogen-bond donors (Lipinski definition) is 1. The molecule has 150 valence electrons. The van der Waals surface area contributed by atoms with Crippen molar-refractivity contribution in [3.63, 3.8) is 0 Å². The lowest BCUT2D eigenvalue weighted by Gasteiger charge is -2.32. The molecular weight excluding hydrogens is 366 g/mol. The lowest BCUT2D eigenvalue weighted by molar-refractivity contribution is -0.120. The molecule has 0 bridgehead atoms. The van der Waals surface area contributed by atoms with Crippen LogP contribution in [-0.2, 0) is 4.79 Å². The molecular formula is C21H25N7O. The number of piperidine rings is 1. The molecule has 1 saturated heterocycles. The Bertz CT molecular complexity index is 945. The molecule has 3 aromatic rings. The number of benzene rings is 1. The topological polar surface area (TPSA) is 88.8 Å². The number of nitrogens with one attached hydrogen (secondary N) is 1. The van der Waals surface area contributed by atoms with E-state index in [1.54, 1.807) is 11.0 Å². The molecule has 1 amide bonds. The van der Waals surface area contributed by atoms with Crippen LogP contribution in [0.15, 0.2) is 49.1 Å². The molecule has 1 fully saturated rings. The van der Waals surface area contributed by atoms with Crippen LogP contribution in [0.3, 0.4) is 0 Å². The Balaban J connectivity index is 1.35. The monoisotopic (exact) mass is 391 g/mol. The van der Waals surface area contributed by atoms with Gasteiger partial charge in [0.25, 0.3) is 0 Å². The Labute approximate surface area is 170 Å². The van der Waals surface area contributed by atoms with Crippen LogP contribution < -0.4 is 10.2 Å².